The highest BCUT2D eigenvalue weighted by atomic mass is 16.5. The molecule has 0 aromatic carbocycles. The molecule has 0 aliphatic heterocycles. The largest absolute Gasteiger partial charge is 0.493 e. The minimum atomic E-state index is 0.724. The van der Waals surface area contributed by atoms with Crippen LogP contribution < -0.4 is 10.1 Å². The summed E-state index contributed by atoms with van der Waals surface area (Å²) in [4.78, 5) is 4.20. The van der Waals surface area contributed by atoms with E-state index in [1.165, 1.54) is 50.5 Å². The summed E-state index contributed by atoms with van der Waals surface area (Å²) in [5.41, 5.74) is 1.19. The maximum atomic E-state index is 5.92. The summed E-state index contributed by atoms with van der Waals surface area (Å²) in [5.74, 6) is 1.00. The molecule has 0 bridgehead atoms. The maximum absolute atomic E-state index is 5.92. The van der Waals surface area contributed by atoms with Crippen LogP contribution in [-0.4, -0.2) is 17.6 Å². The zero-order valence-corrected chi connectivity index (χ0v) is 12.7. The second-order valence-electron chi connectivity index (χ2n) is 5.75. The molecule has 0 amide bonds. The summed E-state index contributed by atoms with van der Waals surface area (Å²) in [6, 6.07) is 2.71. The van der Waals surface area contributed by atoms with E-state index in [-0.39, 0.29) is 0 Å². The lowest BCUT2D eigenvalue weighted by Crippen LogP contribution is -2.16. The number of nitrogens with one attached hydrogen (secondary N) is 1. The van der Waals surface area contributed by atoms with Gasteiger partial charge in [0.15, 0.2) is 0 Å². The van der Waals surface area contributed by atoms with Gasteiger partial charge in [0.05, 0.1) is 6.61 Å². The number of hydrogen-bond donors (Lipinski definition) is 1. The van der Waals surface area contributed by atoms with Crippen molar-refractivity contribution in [3.05, 3.63) is 24.0 Å². The summed E-state index contributed by atoms with van der Waals surface area (Å²) < 4.78 is 5.92. The van der Waals surface area contributed by atoms with Crippen molar-refractivity contribution in [3.63, 3.8) is 0 Å². The van der Waals surface area contributed by atoms with Crippen LogP contribution in [0.2, 0.25) is 0 Å². The Bertz CT molecular complexity index is 377. The highest BCUT2D eigenvalue weighted by Gasteiger charge is 2.20. The summed E-state index contributed by atoms with van der Waals surface area (Å²) >= 11 is 0. The van der Waals surface area contributed by atoms with E-state index in [9.17, 15) is 0 Å². The van der Waals surface area contributed by atoms with Gasteiger partial charge in [-0.2, -0.15) is 0 Å². The van der Waals surface area contributed by atoms with E-state index in [4.69, 9.17) is 4.74 Å². The van der Waals surface area contributed by atoms with Crippen molar-refractivity contribution in [1.82, 2.24) is 10.3 Å². The van der Waals surface area contributed by atoms with Crippen LogP contribution in [0.15, 0.2) is 18.5 Å². The lowest BCUT2D eigenvalue weighted by atomic mass is 10.1. The normalized spacial score (nSPS) is 14.4. The molecule has 3 nitrogen and oxygen atoms in total. The van der Waals surface area contributed by atoms with Crippen molar-refractivity contribution in [2.45, 2.75) is 70.9 Å². The number of pyridine rings is 1. The SMILES string of the molecule is CCCCCCCCOc1ccncc1CNC1CC1. The van der Waals surface area contributed by atoms with Crippen LogP contribution >= 0.6 is 0 Å². The smallest absolute Gasteiger partial charge is 0.126 e. The van der Waals surface area contributed by atoms with E-state index in [1.807, 2.05) is 18.5 Å². The predicted molar refractivity (Wildman–Crippen MR) is 83.0 cm³/mol. The first kappa shape index (κ1) is 15.3. The average molecular weight is 276 g/mol. The Kier molecular flexibility index (Phi) is 6.85. The van der Waals surface area contributed by atoms with Crippen molar-refractivity contribution < 1.29 is 4.74 Å². The third kappa shape index (κ3) is 5.91. The highest BCUT2D eigenvalue weighted by molar-refractivity contribution is 5.30. The lowest BCUT2D eigenvalue weighted by Gasteiger charge is -2.11. The minimum absolute atomic E-state index is 0.724. The Balaban J connectivity index is 1.63. The number of unbranched alkanes of at least 4 members (excludes halogenated alkanes) is 5. The van der Waals surface area contributed by atoms with E-state index < -0.39 is 0 Å². The molecule has 1 saturated carbocycles. The molecule has 0 saturated heterocycles. The standard InChI is InChI=1S/C17H28N2O/c1-2-3-4-5-6-7-12-20-17-10-11-18-13-15(17)14-19-16-8-9-16/h10-11,13,16,19H,2-9,12,14H2,1H3. The van der Waals surface area contributed by atoms with Gasteiger partial charge in [-0.15, -0.1) is 0 Å². The molecule has 1 aliphatic carbocycles. The predicted octanol–water partition coefficient (Wildman–Crippen LogP) is 4.07. The Labute approximate surface area is 123 Å². The van der Waals surface area contributed by atoms with Gasteiger partial charge in [-0.05, 0) is 25.3 Å². The molecule has 0 unspecified atom stereocenters. The van der Waals surface area contributed by atoms with Crippen molar-refractivity contribution in [2.24, 2.45) is 0 Å². The van der Waals surface area contributed by atoms with Gasteiger partial charge in [-0.25, -0.2) is 0 Å². The van der Waals surface area contributed by atoms with Gasteiger partial charge < -0.3 is 10.1 Å². The van der Waals surface area contributed by atoms with Crippen molar-refractivity contribution >= 4 is 0 Å². The molecular weight excluding hydrogens is 248 g/mol. The average Bonchev–Trinajstić information content (AvgIpc) is 3.29. The van der Waals surface area contributed by atoms with E-state index in [0.29, 0.717) is 0 Å². The lowest BCUT2D eigenvalue weighted by molar-refractivity contribution is 0.300. The van der Waals surface area contributed by atoms with Crippen molar-refractivity contribution in [1.29, 1.82) is 0 Å². The number of hydrogen-bond acceptors (Lipinski definition) is 3. The van der Waals surface area contributed by atoms with Crippen molar-refractivity contribution in [3.8, 4) is 5.75 Å². The van der Waals surface area contributed by atoms with Gasteiger partial charge in [-0.3, -0.25) is 4.98 Å². The Hall–Kier alpha value is -1.09. The molecule has 1 aliphatic rings. The van der Waals surface area contributed by atoms with Gasteiger partial charge in [0.2, 0.25) is 0 Å². The molecule has 0 spiro atoms. The summed E-state index contributed by atoms with van der Waals surface area (Å²) in [7, 11) is 0. The molecule has 1 fully saturated rings. The highest BCUT2D eigenvalue weighted by Crippen LogP contribution is 2.22. The first-order chi connectivity index (χ1) is 9.90. The third-order valence-electron chi connectivity index (χ3n) is 3.77. The van der Waals surface area contributed by atoms with Crippen LogP contribution in [0.25, 0.3) is 0 Å². The van der Waals surface area contributed by atoms with Crippen LogP contribution in [0.1, 0.15) is 63.9 Å². The van der Waals surface area contributed by atoms with E-state index in [0.717, 1.165) is 31.4 Å². The van der Waals surface area contributed by atoms with Crippen LogP contribution in [0.3, 0.4) is 0 Å². The number of nitrogens with zero attached hydrogens (tertiary/aromatic N) is 1. The van der Waals surface area contributed by atoms with Crippen molar-refractivity contribution in [2.75, 3.05) is 6.61 Å². The molecule has 0 radical (unpaired) electrons. The van der Waals surface area contributed by atoms with Gasteiger partial charge >= 0.3 is 0 Å². The molecule has 1 aromatic heterocycles. The van der Waals surface area contributed by atoms with Crippen LogP contribution in [0.5, 0.6) is 5.75 Å². The van der Waals surface area contributed by atoms with E-state index >= 15 is 0 Å². The second kappa shape index (κ2) is 8.96. The Morgan fingerprint density at radius 1 is 1.20 bits per heavy atom. The minimum Gasteiger partial charge on any atom is -0.493 e. The maximum Gasteiger partial charge on any atom is 0.126 e. The molecule has 1 aromatic rings. The summed E-state index contributed by atoms with van der Waals surface area (Å²) in [6.45, 7) is 3.96. The Morgan fingerprint density at radius 2 is 2.00 bits per heavy atom. The third-order valence-corrected chi connectivity index (χ3v) is 3.77. The monoisotopic (exact) mass is 276 g/mol. The van der Waals surface area contributed by atoms with Gasteiger partial charge in [0, 0.05) is 30.5 Å². The molecule has 2 rings (SSSR count). The fourth-order valence-corrected chi connectivity index (χ4v) is 2.29. The first-order valence-corrected chi connectivity index (χ1v) is 8.19. The van der Waals surface area contributed by atoms with Gasteiger partial charge in [0.1, 0.15) is 5.75 Å². The van der Waals surface area contributed by atoms with Crippen LogP contribution in [0, 0.1) is 0 Å². The molecule has 0 atom stereocenters. The van der Waals surface area contributed by atoms with Crippen LogP contribution in [-0.2, 0) is 6.54 Å². The fraction of sp³-hybridized carbons (Fsp3) is 0.706. The Morgan fingerprint density at radius 3 is 2.80 bits per heavy atom. The molecular formula is C17H28N2O. The zero-order valence-electron chi connectivity index (χ0n) is 12.7. The first-order valence-electron chi connectivity index (χ1n) is 8.19. The zero-order chi connectivity index (χ0) is 14.0. The van der Waals surface area contributed by atoms with E-state index in [1.54, 1.807) is 0 Å². The summed E-state index contributed by atoms with van der Waals surface area (Å²) in [6.07, 6.45) is 14.2. The topological polar surface area (TPSA) is 34.1 Å². The molecule has 3 heteroatoms. The molecule has 1 heterocycles. The quantitative estimate of drug-likeness (QED) is 0.619. The molecule has 112 valence electrons. The molecule has 20 heavy (non-hydrogen) atoms. The molecule has 1 N–H and O–H groups in total. The number of ether oxygens (including phenoxy) is 1. The van der Waals surface area contributed by atoms with Gasteiger partial charge in [-0.1, -0.05) is 39.0 Å². The summed E-state index contributed by atoms with van der Waals surface area (Å²) in [5, 5.41) is 3.52. The fourth-order valence-electron chi connectivity index (χ4n) is 2.29. The van der Waals surface area contributed by atoms with Crippen LogP contribution in [0.4, 0.5) is 0 Å². The number of aromatic nitrogens is 1. The van der Waals surface area contributed by atoms with E-state index in [2.05, 4.69) is 17.2 Å². The second-order valence-corrected chi connectivity index (χ2v) is 5.75. The van der Waals surface area contributed by atoms with Gasteiger partial charge in [0.25, 0.3) is 0 Å². The number of rotatable bonds is 11.